The molecule has 0 saturated carbocycles. The van der Waals surface area contributed by atoms with E-state index in [4.69, 9.17) is 4.74 Å². The fourth-order valence-electron chi connectivity index (χ4n) is 4.31. The number of amides is 1. The number of ether oxygens (including phenoxy) is 1. The Labute approximate surface area is 187 Å². The summed E-state index contributed by atoms with van der Waals surface area (Å²) < 4.78 is 18.4. The molecule has 0 radical (unpaired) electrons. The van der Waals surface area contributed by atoms with E-state index in [1.165, 1.54) is 12.1 Å². The Hall–Kier alpha value is -2.64. The summed E-state index contributed by atoms with van der Waals surface area (Å²) in [6.07, 6.45) is 1.96. The van der Waals surface area contributed by atoms with Crippen molar-refractivity contribution in [3.05, 3.63) is 65.0 Å². The molecule has 0 bridgehead atoms. The first-order valence-corrected chi connectivity index (χ1v) is 10.2. The van der Waals surface area contributed by atoms with E-state index in [1.54, 1.807) is 19.2 Å². The van der Waals surface area contributed by atoms with Crippen molar-refractivity contribution in [2.75, 3.05) is 33.3 Å². The quantitative estimate of drug-likeness (QED) is 0.415. The number of benzene rings is 2. The Morgan fingerprint density at radius 1 is 1.19 bits per heavy atom. The highest BCUT2D eigenvalue weighted by Crippen LogP contribution is 2.29. The lowest BCUT2D eigenvalue weighted by atomic mass is 9.95. The Morgan fingerprint density at radius 2 is 1.90 bits per heavy atom. The molecule has 6 nitrogen and oxygen atoms in total. The van der Waals surface area contributed by atoms with Gasteiger partial charge in [0.2, 0.25) is 0 Å². The number of carbonyl (C=O) groups excluding carboxylic acids is 1. The minimum atomic E-state index is -0.311. The van der Waals surface area contributed by atoms with E-state index in [1.807, 2.05) is 23.1 Å². The zero-order valence-electron chi connectivity index (χ0n) is 17.5. The smallest absolute Gasteiger partial charge is 0.254 e. The zero-order valence-corrected chi connectivity index (χ0v) is 18.3. The van der Waals surface area contributed by atoms with Gasteiger partial charge in [0.15, 0.2) is 0 Å². The van der Waals surface area contributed by atoms with Crippen LogP contribution in [0.2, 0.25) is 0 Å². The van der Waals surface area contributed by atoms with E-state index in [2.05, 4.69) is 10.1 Å². The maximum absolute atomic E-state index is 13.1. The highest BCUT2D eigenvalue weighted by atomic mass is 35.5. The number of oxime groups is 1. The molecule has 2 heterocycles. The molecule has 1 amide bonds. The molecule has 0 aromatic heterocycles. The second-order valence-electron chi connectivity index (χ2n) is 7.98. The summed E-state index contributed by atoms with van der Waals surface area (Å²) in [5, 5.41) is 12.8. The number of carbonyl (C=O) groups is 1. The van der Waals surface area contributed by atoms with Gasteiger partial charge in [0.25, 0.3) is 5.91 Å². The second kappa shape index (κ2) is 10.1. The van der Waals surface area contributed by atoms with Gasteiger partial charge in [-0.3, -0.25) is 9.69 Å². The number of likely N-dealkylation sites (tertiary alicyclic amines) is 1. The van der Waals surface area contributed by atoms with Crippen LogP contribution in [-0.2, 0) is 6.54 Å². The summed E-state index contributed by atoms with van der Waals surface area (Å²) in [6, 6.07) is 11.6. The fourth-order valence-corrected chi connectivity index (χ4v) is 4.31. The molecule has 1 N–H and O–H groups in total. The number of hydrogen-bond donors (Lipinski definition) is 1. The van der Waals surface area contributed by atoms with Crippen LogP contribution in [0.15, 0.2) is 47.6 Å². The summed E-state index contributed by atoms with van der Waals surface area (Å²) in [5.41, 5.74) is 3.06. The zero-order chi connectivity index (χ0) is 21.1. The van der Waals surface area contributed by atoms with E-state index in [-0.39, 0.29) is 24.1 Å². The molecule has 1 fully saturated rings. The van der Waals surface area contributed by atoms with Crippen LogP contribution in [0, 0.1) is 11.7 Å². The van der Waals surface area contributed by atoms with Crippen molar-refractivity contribution in [2.45, 2.75) is 19.4 Å². The van der Waals surface area contributed by atoms with Crippen LogP contribution in [0.4, 0.5) is 4.39 Å². The van der Waals surface area contributed by atoms with Crippen LogP contribution >= 0.6 is 12.4 Å². The van der Waals surface area contributed by atoms with Crippen LogP contribution in [0.5, 0.6) is 5.75 Å². The lowest BCUT2D eigenvalue weighted by molar-refractivity contribution is 0.0719. The highest BCUT2D eigenvalue weighted by molar-refractivity contribution is 6.01. The van der Waals surface area contributed by atoms with Gasteiger partial charge < -0.3 is 14.8 Å². The molecule has 31 heavy (non-hydrogen) atoms. The van der Waals surface area contributed by atoms with Crippen LogP contribution < -0.4 is 4.74 Å². The van der Waals surface area contributed by atoms with Crippen molar-refractivity contribution >= 4 is 24.0 Å². The maximum atomic E-state index is 13.1. The molecule has 2 aliphatic rings. The topological polar surface area (TPSA) is 65.4 Å². The highest BCUT2D eigenvalue weighted by Gasteiger charge is 2.31. The van der Waals surface area contributed by atoms with Gasteiger partial charge in [0, 0.05) is 30.8 Å². The standard InChI is InChI=1S/C23H26FN3O3.ClH/c1-30-20-6-7-21-18(12-20)14-27(23(21)28)13-16-8-10-26(11-9-16)15-22(25-29)17-2-4-19(24)5-3-17;/h2-7,12,16,29H,8-11,13-15H2,1H3;1H/b25-22+;. The number of hydrogen-bond acceptors (Lipinski definition) is 5. The van der Waals surface area contributed by atoms with Crippen LogP contribution in [-0.4, -0.2) is 59.9 Å². The number of methoxy groups -OCH3 is 1. The molecule has 0 unspecified atom stereocenters. The van der Waals surface area contributed by atoms with Crippen molar-refractivity contribution in [1.29, 1.82) is 0 Å². The molecule has 1 saturated heterocycles. The number of fused-ring (bicyclic) bond motifs is 1. The fraction of sp³-hybridized carbons (Fsp3) is 0.391. The monoisotopic (exact) mass is 447 g/mol. The molecule has 2 aliphatic heterocycles. The molecule has 8 heteroatoms. The predicted molar refractivity (Wildman–Crippen MR) is 119 cm³/mol. The molecule has 166 valence electrons. The predicted octanol–water partition coefficient (Wildman–Crippen LogP) is 3.80. The van der Waals surface area contributed by atoms with Crippen LogP contribution in [0.1, 0.15) is 34.3 Å². The first-order chi connectivity index (χ1) is 14.6. The van der Waals surface area contributed by atoms with Crippen LogP contribution in [0.25, 0.3) is 0 Å². The van der Waals surface area contributed by atoms with E-state index in [0.717, 1.165) is 54.9 Å². The van der Waals surface area contributed by atoms with Gasteiger partial charge >= 0.3 is 0 Å². The van der Waals surface area contributed by atoms with Crippen molar-refractivity contribution in [1.82, 2.24) is 9.80 Å². The van der Waals surface area contributed by atoms with E-state index >= 15 is 0 Å². The van der Waals surface area contributed by atoms with Gasteiger partial charge in [0.05, 0.1) is 7.11 Å². The van der Waals surface area contributed by atoms with Gasteiger partial charge in [-0.05, 0) is 67.7 Å². The average molecular weight is 448 g/mol. The van der Waals surface area contributed by atoms with Gasteiger partial charge in [-0.2, -0.15) is 0 Å². The summed E-state index contributed by atoms with van der Waals surface area (Å²) in [4.78, 5) is 16.9. The van der Waals surface area contributed by atoms with E-state index < -0.39 is 0 Å². The molecular formula is C23H27ClFN3O3. The largest absolute Gasteiger partial charge is 0.497 e. The minimum Gasteiger partial charge on any atom is -0.497 e. The third kappa shape index (κ3) is 5.17. The van der Waals surface area contributed by atoms with Crippen LogP contribution in [0.3, 0.4) is 0 Å². The molecule has 0 spiro atoms. The van der Waals surface area contributed by atoms with Crippen molar-refractivity contribution in [3.8, 4) is 5.75 Å². The first-order valence-electron chi connectivity index (χ1n) is 10.2. The van der Waals surface area contributed by atoms with E-state index in [9.17, 15) is 14.4 Å². The first kappa shape index (κ1) is 23.0. The van der Waals surface area contributed by atoms with Gasteiger partial charge in [-0.25, -0.2) is 4.39 Å². The lowest BCUT2D eigenvalue weighted by Crippen LogP contribution is -2.41. The Balaban J connectivity index is 0.00000272. The number of piperidine rings is 1. The Morgan fingerprint density at radius 3 is 2.55 bits per heavy atom. The third-order valence-corrected chi connectivity index (χ3v) is 6.05. The summed E-state index contributed by atoms with van der Waals surface area (Å²) in [7, 11) is 1.63. The summed E-state index contributed by atoms with van der Waals surface area (Å²) in [6.45, 7) is 3.64. The van der Waals surface area contributed by atoms with E-state index in [0.29, 0.717) is 24.7 Å². The molecule has 2 aromatic carbocycles. The van der Waals surface area contributed by atoms with Gasteiger partial charge in [-0.1, -0.05) is 17.3 Å². The summed E-state index contributed by atoms with van der Waals surface area (Å²) in [5.74, 6) is 1.01. The van der Waals surface area contributed by atoms with Crippen molar-refractivity contribution in [3.63, 3.8) is 0 Å². The van der Waals surface area contributed by atoms with Crippen molar-refractivity contribution in [2.24, 2.45) is 11.1 Å². The maximum Gasteiger partial charge on any atom is 0.254 e. The third-order valence-electron chi connectivity index (χ3n) is 6.05. The molecule has 0 atom stereocenters. The Bertz CT molecular complexity index is 944. The molecule has 4 rings (SSSR count). The Kier molecular flexibility index (Phi) is 7.51. The molecule has 2 aromatic rings. The minimum absolute atomic E-state index is 0. The SMILES string of the molecule is COc1ccc2c(c1)CN(CC1CCN(C/C(=N\O)c3ccc(F)cc3)CC1)C2=O.Cl. The summed E-state index contributed by atoms with van der Waals surface area (Å²) >= 11 is 0. The second-order valence-corrected chi connectivity index (χ2v) is 7.98. The molecular weight excluding hydrogens is 421 g/mol. The lowest BCUT2D eigenvalue weighted by Gasteiger charge is -2.33. The van der Waals surface area contributed by atoms with Gasteiger partial charge in [0.1, 0.15) is 17.3 Å². The number of rotatable bonds is 6. The molecule has 0 aliphatic carbocycles. The van der Waals surface area contributed by atoms with Gasteiger partial charge in [-0.15, -0.1) is 12.4 Å². The van der Waals surface area contributed by atoms with Crippen molar-refractivity contribution < 1.29 is 19.1 Å². The number of nitrogens with zero attached hydrogens (tertiary/aromatic N) is 3. The normalized spacial score (nSPS) is 17.4. The number of halogens is 2. The average Bonchev–Trinajstić information content (AvgIpc) is 3.08.